The van der Waals surface area contributed by atoms with Crippen LogP contribution in [-0.4, -0.2) is 25.5 Å². The molecule has 152 valence electrons. The molecule has 0 saturated heterocycles. The van der Waals surface area contributed by atoms with Gasteiger partial charge >= 0.3 is 0 Å². The van der Waals surface area contributed by atoms with E-state index in [2.05, 4.69) is 31.4 Å². The maximum atomic E-state index is 13.3. The van der Waals surface area contributed by atoms with Crippen LogP contribution in [0.15, 0.2) is 77.5 Å². The zero-order chi connectivity index (χ0) is 20.9. The molecule has 0 aliphatic heterocycles. The summed E-state index contributed by atoms with van der Waals surface area (Å²) in [7, 11) is 0. The van der Waals surface area contributed by atoms with Crippen LogP contribution in [0, 0.1) is 5.82 Å². The maximum Gasteiger partial charge on any atom is 0.277 e. The van der Waals surface area contributed by atoms with Crippen LogP contribution < -0.4 is 10.1 Å². The second-order valence-electron chi connectivity index (χ2n) is 6.45. The molecule has 7 nitrogen and oxygen atoms in total. The van der Waals surface area contributed by atoms with Gasteiger partial charge in [-0.25, -0.2) is 9.07 Å². The van der Waals surface area contributed by atoms with Crippen molar-refractivity contribution in [1.29, 1.82) is 0 Å². The fourth-order valence-electron chi connectivity index (χ4n) is 2.75. The Morgan fingerprint density at radius 3 is 2.63 bits per heavy atom. The summed E-state index contributed by atoms with van der Waals surface area (Å²) >= 11 is 3.37. The van der Waals surface area contributed by atoms with Gasteiger partial charge in [-0.2, -0.15) is 10.2 Å². The summed E-state index contributed by atoms with van der Waals surface area (Å²) in [6.45, 7) is 0.576. The van der Waals surface area contributed by atoms with Gasteiger partial charge in [0.25, 0.3) is 5.91 Å². The molecule has 30 heavy (non-hydrogen) atoms. The number of halogens is 2. The first kappa shape index (κ1) is 19.8. The van der Waals surface area contributed by atoms with Crippen LogP contribution in [0.1, 0.15) is 16.1 Å². The predicted octanol–water partition coefficient (Wildman–Crippen LogP) is 4.32. The third kappa shape index (κ3) is 5.12. The number of nitrogens with zero attached hydrogens (tertiary/aromatic N) is 4. The third-order valence-electron chi connectivity index (χ3n) is 4.17. The number of carbonyl (C=O) groups excluding carboxylic acids is 1. The quantitative estimate of drug-likeness (QED) is 0.437. The summed E-state index contributed by atoms with van der Waals surface area (Å²) in [5, 5.41) is 11.2. The van der Waals surface area contributed by atoms with Gasteiger partial charge in [-0.15, -0.1) is 0 Å². The van der Waals surface area contributed by atoms with Gasteiger partial charge in [-0.1, -0.05) is 28.1 Å². The van der Waals surface area contributed by atoms with Gasteiger partial charge in [0.15, 0.2) is 18.2 Å². The monoisotopic (exact) mass is 469 g/mol. The highest BCUT2D eigenvalue weighted by Gasteiger charge is 2.12. The average Bonchev–Trinajstić information content (AvgIpc) is 3.37. The summed E-state index contributed by atoms with van der Waals surface area (Å²) in [4.78, 5) is 12.4. The number of anilines is 1. The molecule has 0 aliphatic rings. The molecule has 2 heterocycles. The molecule has 1 amide bonds. The van der Waals surface area contributed by atoms with Crippen molar-refractivity contribution >= 4 is 27.7 Å². The predicted molar refractivity (Wildman–Crippen MR) is 113 cm³/mol. The lowest BCUT2D eigenvalue weighted by Crippen LogP contribution is -2.15. The number of amides is 1. The molecule has 2 aromatic carbocycles. The average molecular weight is 470 g/mol. The van der Waals surface area contributed by atoms with Crippen molar-refractivity contribution in [3.8, 4) is 5.75 Å². The molecule has 0 spiro atoms. The molecule has 0 atom stereocenters. The van der Waals surface area contributed by atoms with Gasteiger partial charge < -0.3 is 10.1 Å². The van der Waals surface area contributed by atoms with Crippen LogP contribution in [0.25, 0.3) is 0 Å². The van der Waals surface area contributed by atoms with E-state index in [-0.39, 0.29) is 24.1 Å². The van der Waals surface area contributed by atoms with Crippen molar-refractivity contribution in [1.82, 2.24) is 19.6 Å². The lowest BCUT2D eigenvalue weighted by molar-refractivity contribution is 0.101. The molecular weight excluding hydrogens is 453 g/mol. The third-order valence-corrected chi connectivity index (χ3v) is 4.69. The van der Waals surface area contributed by atoms with E-state index in [9.17, 15) is 9.18 Å². The molecule has 0 bridgehead atoms. The molecule has 0 saturated carbocycles. The molecule has 2 aromatic heterocycles. The van der Waals surface area contributed by atoms with E-state index in [1.807, 2.05) is 30.3 Å². The lowest BCUT2D eigenvalue weighted by atomic mass is 10.2. The van der Waals surface area contributed by atoms with Crippen molar-refractivity contribution in [2.75, 3.05) is 5.32 Å². The zero-order valence-electron chi connectivity index (χ0n) is 15.7. The van der Waals surface area contributed by atoms with Gasteiger partial charge in [0.1, 0.15) is 11.6 Å². The topological polar surface area (TPSA) is 74.0 Å². The van der Waals surface area contributed by atoms with Crippen LogP contribution in [0.4, 0.5) is 10.2 Å². The van der Waals surface area contributed by atoms with Crippen LogP contribution in [0.2, 0.25) is 0 Å². The second kappa shape index (κ2) is 8.91. The van der Waals surface area contributed by atoms with Gasteiger partial charge in [-0.3, -0.25) is 9.48 Å². The zero-order valence-corrected chi connectivity index (χ0v) is 17.3. The standard InChI is InChI=1S/C21H17BrFN5O2/c22-16-4-6-18(7-5-16)30-14-28-10-8-19(25-28)21(29)24-20-9-11-27(26-20)13-15-2-1-3-17(23)12-15/h1-12H,13-14H2,(H,24,26,29). The molecule has 9 heteroatoms. The molecule has 4 aromatic rings. The number of ether oxygens (including phenoxy) is 1. The summed E-state index contributed by atoms with van der Waals surface area (Å²) in [5.41, 5.74) is 1.02. The number of rotatable bonds is 7. The van der Waals surface area contributed by atoms with E-state index in [0.29, 0.717) is 18.1 Å². The summed E-state index contributed by atoms with van der Waals surface area (Å²) < 4.78 is 23.0. The van der Waals surface area contributed by atoms with Crippen molar-refractivity contribution in [2.45, 2.75) is 13.3 Å². The number of hydrogen-bond donors (Lipinski definition) is 1. The highest BCUT2D eigenvalue weighted by Crippen LogP contribution is 2.16. The first-order valence-electron chi connectivity index (χ1n) is 9.06. The summed E-state index contributed by atoms with van der Waals surface area (Å²) in [5.74, 6) is 0.405. The van der Waals surface area contributed by atoms with Crippen molar-refractivity contribution < 1.29 is 13.9 Å². The molecule has 0 radical (unpaired) electrons. The number of nitrogens with one attached hydrogen (secondary N) is 1. The van der Waals surface area contributed by atoms with Gasteiger partial charge in [0, 0.05) is 22.9 Å². The van der Waals surface area contributed by atoms with Crippen LogP contribution in [0.5, 0.6) is 5.75 Å². The fraction of sp³-hybridized carbons (Fsp3) is 0.0952. The van der Waals surface area contributed by atoms with Gasteiger partial charge in [-0.05, 0) is 48.0 Å². The van der Waals surface area contributed by atoms with E-state index >= 15 is 0 Å². The SMILES string of the molecule is O=C(Nc1ccn(Cc2cccc(F)c2)n1)c1ccn(COc2ccc(Br)cc2)n1. The minimum Gasteiger partial charge on any atom is -0.471 e. The van der Waals surface area contributed by atoms with Crippen molar-refractivity contribution in [3.05, 3.63) is 94.6 Å². The first-order chi connectivity index (χ1) is 14.5. The summed E-state index contributed by atoms with van der Waals surface area (Å²) in [6, 6.07) is 17.0. The lowest BCUT2D eigenvalue weighted by Gasteiger charge is -2.06. The molecule has 0 unspecified atom stereocenters. The Bertz CT molecular complexity index is 1160. The van der Waals surface area contributed by atoms with Crippen molar-refractivity contribution in [2.24, 2.45) is 0 Å². The molecule has 0 aliphatic carbocycles. The molecule has 4 rings (SSSR count). The normalized spacial score (nSPS) is 10.7. The van der Waals surface area contributed by atoms with Crippen molar-refractivity contribution in [3.63, 3.8) is 0 Å². The highest BCUT2D eigenvalue weighted by atomic mass is 79.9. The smallest absolute Gasteiger partial charge is 0.277 e. The first-order valence-corrected chi connectivity index (χ1v) is 9.85. The van der Waals surface area contributed by atoms with E-state index in [4.69, 9.17) is 4.74 Å². The fourth-order valence-corrected chi connectivity index (χ4v) is 3.01. The largest absolute Gasteiger partial charge is 0.471 e. The Morgan fingerprint density at radius 1 is 1.03 bits per heavy atom. The minimum absolute atomic E-state index is 0.178. The van der Waals surface area contributed by atoms with E-state index in [1.54, 1.807) is 35.3 Å². The minimum atomic E-state index is -0.381. The molecule has 1 N–H and O–H groups in total. The second-order valence-corrected chi connectivity index (χ2v) is 7.37. The van der Waals surface area contributed by atoms with E-state index < -0.39 is 0 Å². The van der Waals surface area contributed by atoms with Crippen LogP contribution in [0.3, 0.4) is 0 Å². The number of carbonyl (C=O) groups is 1. The number of hydrogen-bond acceptors (Lipinski definition) is 4. The van der Waals surface area contributed by atoms with Gasteiger partial charge in [0.05, 0.1) is 6.54 Å². The van der Waals surface area contributed by atoms with Crippen LogP contribution in [-0.2, 0) is 13.3 Å². The highest BCUT2D eigenvalue weighted by molar-refractivity contribution is 9.10. The van der Waals surface area contributed by atoms with Crippen LogP contribution >= 0.6 is 15.9 Å². The maximum absolute atomic E-state index is 13.3. The Morgan fingerprint density at radius 2 is 1.83 bits per heavy atom. The Kier molecular flexibility index (Phi) is 5.89. The van der Waals surface area contributed by atoms with Gasteiger partial charge in [0.2, 0.25) is 0 Å². The Hall–Kier alpha value is -3.46. The summed E-state index contributed by atoms with van der Waals surface area (Å²) in [6.07, 6.45) is 3.38. The Balaban J connectivity index is 1.33. The Labute approximate surface area is 180 Å². The van der Waals surface area contributed by atoms with E-state index in [1.165, 1.54) is 16.8 Å². The number of benzene rings is 2. The molecular formula is C21H17BrFN5O2. The molecule has 0 fully saturated rings. The number of aromatic nitrogens is 4. The van der Waals surface area contributed by atoms with E-state index in [0.717, 1.165) is 10.0 Å².